The van der Waals surface area contributed by atoms with E-state index in [4.69, 9.17) is 0 Å². The van der Waals surface area contributed by atoms with Gasteiger partial charge < -0.3 is 14.9 Å². The zero-order chi connectivity index (χ0) is 20.6. The molecule has 0 unspecified atom stereocenters. The molecule has 2 amide bonds. The lowest BCUT2D eigenvalue weighted by atomic mass is 9.68. The first kappa shape index (κ1) is 19.5. The maximum absolute atomic E-state index is 13.3. The van der Waals surface area contributed by atoms with Crippen LogP contribution in [0.15, 0.2) is 42.7 Å². The lowest BCUT2D eigenvalue weighted by molar-refractivity contribution is -0.161. The highest BCUT2D eigenvalue weighted by atomic mass is 16.3. The molecule has 2 saturated heterocycles. The number of amides is 2. The molecular weight excluding hydrogens is 368 g/mol. The fourth-order valence-electron chi connectivity index (χ4n) is 4.70. The number of nitrogens with zero attached hydrogens (tertiary/aromatic N) is 4. The fourth-order valence-corrected chi connectivity index (χ4v) is 4.70. The van der Waals surface area contributed by atoms with Crippen LogP contribution in [0, 0.1) is 12.3 Å². The molecule has 0 saturated carbocycles. The van der Waals surface area contributed by atoms with E-state index in [0.717, 1.165) is 5.56 Å². The minimum Gasteiger partial charge on any atom is -0.391 e. The van der Waals surface area contributed by atoms with Crippen molar-refractivity contribution >= 4 is 11.8 Å². The summed E-state index contributed by atoms with van der Waals surface area (Å²) in [6, 6.07) is 9.32. The average Bonchev–Trinajstić information content (AvgIpc) is 2.74. The minimum atomic E-state index is -0.632. The molecule has 2 aliphatic heterocycles. The molecule has 0 bridgehead atoms. The minimum absolute atomic E-state index is 0.0578. The summed E-state index contributed by atoms with van der Waals surface area (Å²) < 4.78 is 0. The van der Waals surface area contributed by atoms with Crippen LogP contribution >= 0.6 is 0 Å². The van der Waals surface area contributed by atoms with Crippen LogP contribution < -0.4 is 0 Å². The van der Waals surface area contributed by atoms with Crippen LogP contribution in [0.25, 0.3) is 0 Å². The monoisotopic (exact) mass is 394 g/mol. The zero-order valence-electron chi connectivity index (χ0n) is 16.8. The topological polar surface area (TPSA) is 86.6 Å². The SMILES string of the molecule is Cc1ncc(C(=O)N2CCC3(CC2)C[C@@H](O)[C@H](c2ccccc2)N(C)C3=O)cn1. The van der Waals surface area contributed by atoms with Gasteiger partial charge in [0.25, 0.3) is 5.91 Å². The van der Waals surface area contributed by atoms with Crippen LogP contribution in [0.1, 0.15) is 47.1 Å². The van der Waals surface area contributed by atoms with Gasteiger partial charge in [0.2, 0.25) is 5.91 Å². The molecule has 4 rings (SSSR count). The molecule has 3 heterocycles. The lowest BCUT2D eigenvalue weighted by Crippen LogP contribution is -2.57. The number of aliphatic hydroxyl groups is 1. The highest BCUT2D eigenvalue weighted by Crippen LogP contribution is 2.46. The second-order valence-electron chi connectivity index (χ2n) is 8.13. The van der Waals surface area contributed by atoms with Gasteiger partial charge in [-0.3, -0.25) is 9.59 Å². The fraction of sp³-hybridized carbons (Fsp3) is 0.455. The Morgan fingerprint density at radius 2 is 1.76 bits per heavy atom. The van der Waals surface area contributed by atoms with Gasteiger partial charge in [0.05, 0.1) is 23.1 Å². The van der Waals surface area contributed by atoms with Crippen LogP contribution in [0.3, 0.4) is 0 Å². The Labute approximate surface area is 170 Å². The summed E-state index contributed by atoms with van der Waals surface area (Å²) in [4.78, 5) is 37.7. The van der Waals surface area contributed by atoms with E-state index in [2.05, 4.69) is 9.97 Å². The zero-order valence-corrected chi connectivity index (χ0v) is 16.8. The molecule has 0 aliphatic carbocycles. The Bertz CT molecular complexity index is 892. The van der Waals surface area contributed by atoms with Crippen LogP contribution in [0.2, 0.25) is 0 Å². The Balaban J connectivity index is 1.47. The second-order valence-corrected chi connectivity index (χ2v) is 8.13. The van der Waals surface area contributed by atoms with E-state index < -0.39 is 11.5 Å². The number of likely N-dealkylation sites (tertiary alicyclic amines) is 2. The number of aryl methyl sites for hydroxylation is 1. The van der Waals surface area contributed by atoms with E-state index >= 15 is 0 Å². The van der Waals surface area contributed by atoms with Crippen LogP contribution in [0.5, 0.6) is 0 Å². The standard InChI is InChI=1S/C22H26N4O3/c1-15-23-13-17(14-24-15)20(28)26-10-8-22(9-11-26)12-18(27)19(25(2)21(22)29)16-6-4-3-5-7-16/h3-7,13-14,18-19,27H,8-12H2,1-2H3/t18-,19+/m1/s1. The molecule has 0 radical (unpaired) electrons. The van der Waals surface area contributed by atoms with Crippen molar-refractivity contribution in [2.45, 2.75) is 38.3 Å². The molecule has 7 heteroatoms. The van der Waals surface area contributed by atoms with Crippen molar-refractivity contribution in [3.63, 3.8) is 0 Å². The predicted molar refractivity (Wildman–Crippen MR) is 107 cm³/mol. The van der Waals surface area contributed by atoms with E-state index in [1.165, 1.54) is 0 Å². The van der Waals surface area contributed by atoms with Crippen molar-refractivity contribution in [1.29, 1.82) is 0 Å². The van der Waals surface area contributed by atoms with Gasteiger partial charge in [-0.15, -0.1) is 0 Å². The first-order chi connectivity index (χ1) is 13.9. The third kappa shape index (κ3) is 3.51. The van der Waals surface area contributed by atoms with Crippen LogP contribution in [-0.2, 0) is 4.79 Å². The number of hydrogen-bond acceptors (Lipinski definition) is 5. The van der Waals surface area contributed by atoms with E-state index in [0.29, 0.717) is 43.7 Å². The van der Waals surface area contributed by atoms with Gasteiger partial charge in [-0.05, 0) is 31.7 Å². The quantitative estimate of drug-likeness (QED) is 0.842. The summed E-state index contributed by atoms with van der Waals surface area (Å²) in [5.41, 5.74) is 0.792. The van der Waals surface area contributed by atoms with Gasteiger partial charge in [-0.2, -0.15) is 0 Å². The third-order valence-electron chi connectivity index (χ3n) is 6.33. The van der Waals surface area contributed by atoms with Gasteiger partial charge in [-0.25, -0.2) is 9.97 Å². The number of carbonyl (C=O) groups is 2. The Kier molecular flexibility index (Phi) is 5.08. The number of rotatable bonds is 2. The molecule has 29 heavy (non-hydrogen) atoms. The number of likely N-dealkylation sites (N-methyl/N-ethyl adjacent to an activating group) is 1. The van der Waals surface area contributed by atoms with E-state index in [9.17, 15) is 14.7 Å². The van der Waals surface area contributed by atoms with Gasteiger partial charge in [0.1, 0.15) is 5.82 Å². The van der Waals surface area contributed by atoms with Crippen molar-refractivity contribution < 1.29 is 14.7 Å². The molecule has 2 fully saturated rings. The molecule has 1 aromatic heterocycles. The van der Waals surface area contributed by atoms with Crippen molar-refractivity contribution in [1.82, 2.24) is 19.8 Å². The Morgan fingerprint density at radius 1 is 1.14 bits per heavy atom. The highest BCUT2D eigenvalue weighted by Gasteiger charge is 2.51. The molecule has 2 aliphatic rings. The van der Waals surface area contributed by atoms with Gasteiger partial charge in [0, 0.05) is 32.5 Å². The van der Waals surface area contributed by atoms with Gasteiger partial charge >= 0.3 is 0 Å². The molecule has 7 nitrogen and oxygen atoms in total. The van der Waals surface area contributed by atoms with Crippen molar-refractivity contribution in [2.75, 3.05) is 20.1 Å². The number of hydrogen-bond donors (Lipinski definition) is 1. The number of piperidine rings is 2. The highest BCUT2D eigenvalue weighted by molar-refractivity contribution is 5.94. The molecule has 1 spiro atoms. The molecule has 152 valence electrons. The number of aliphatic hydroxyl groups excluding tert-OH is 1. The van der Waals surface area contributed by atoms with Crippen LogP contribution in [0.4, 0.5) is 0 Å². The van der Waals surface area contributed by atoms with Gasteiger partial charge in [-0.1, -0.05) is 30.3 Å². The molecular formula is C22H26N4O3. The third-order valence-corrected chi connectivity index (χ3v) is 6.33. The first-order valence-electron chi connectivity index (χ1n) is 9.99. The summed E-state index contributed by atoms with van der Waals surface area (Å²) in [7, 11) is 1.77. The summed E-state index contributed by atoms with van der Waals surface area (Å²) in [6.07, 6.45) is 3.98. The van der Waals surface area contributed by atoms with Crippen molar-refractivity contribution in [3.05, 3.63) is 59.7 Å². The average molecular weight is 394 g/mol. The van der Waals surface area contributed by atoms with Crippen molar-refractivity contribution in [2.24, 2.45) is 5.41 Å². The summed E-state index contributed by atoms with van der Waals surface area (Å²) in [5, 5.41) is 10.9. The smallest absolute Gasteiger partial charge is 0.256 e. The second kappa shape index (κ2) is 7.55. The van der Waals surface area contributed by atoms with Gasteiger partial charge in [0.15, 0.2) is 0 Å². The predicted octanol–water partition coefficient (Wildman–Crippen LogP) is 1.97. The largest absolute Gasteiger partial charge is 0.391 e. The van der Waals surface area contributed by atoms with Crippen molar-refractivity contribution in [3.8, 4) is 0 Å². The maximum atomic E-state index is 13.3. The van der Waals surface area contributed by atoms with Crippen LogP contribution in [-0.4, -0.2) is 62.9 Å². The van der Waals surface area contributed by atoms with E-state index in [-0.39, 0.29) is 17.9 Å². The Hall–Kier alpha value is -2.80. The summed E-state index contributed by atoms with van der Waals surface area (Å²) in [5.74, 6) is 0.568. The summed E-state index contributed by atoms with van der Waals surface area (Å²) in [6.45, 7) is 2.74. The Morgan fingerprint density at radius 3 is 2.38 bits per heavy atom. The maximum Gasteiger partial charge on any atom is 0.256 e. The number of benzene rings is 1. The summed E-state index contributed by atoms with van der Waals surface area (Å²) >= 11 is 0. The first-order valence-corrected chi connectivity index (χ1v) is 9.99. The number of carbonyl (C=O) groups excluding carboxylic acids is 2. The molecule has 2 atom stereocenters. The molecule has 1 aromatic carbocycles. The number of aromatic nitrogens is 2. The van der Waals surface area contributed by atoms with E-state index in [1.54, 1.807) is 36.2 Å². The lowest BCUT2D eigenvalue weighted by Gasteiger charge is -2.50. The van der Waals surface area contributed by atoms with E-state index in [1.807, 2.05) is 30.3 Å². The normalized spacial score (nSPS) is 24.0. The molecule has 2 aromatic rings. The molecule has 1 N–H and O–H groups in total.